The van der Waals surface area contributed by atoms with Crippen molar-refractivity contribution >= 4 is 17.6 Å². The van der Waals surface area contributed by atoms with Gasteiger partial charge in [-0.15, -0.1) is 0 Å². The van der Waals surface area contributed by atoms with E-state index in [0.29, 0.717) is 10.4 Å². The minimum atomic E-state index is -0.246. The molecule has 2 rings (SSSR count). The molecular weight excluding hydrogens is 236 g/mol. The molecule has 0 radical (unpaired) electrons. The summed E-state index contributed by atoms with van der Waals surface area (Å²) < 4.78 is 4.67. The van der Waals surface area contributed by atoms with Crippen LogP contribution in [0.1, 0.15) is 30.5 Å². The van der Waals surface area contributed by atoms with Crippen molar-refractivity contribution in [3.05, 3.63) is 33.8 Å². The Hall–Kier alpha value is -1.02. The molecule has 92 valence electrons. The van der Waals surface area contributed by atoms with E-state index >= 15 is 0 Å². The first-order valence-corrected chi connectivity index (χ1v) is 6.16. The number of esters is 1. The summed E-state index contributed by atoms with van der Waals surface area (Å²) >= 11 is 6.19. The lowest BCUT2D eigenvalue weighted by molar-refractivity contribution is -0.139. The molecule has 0 heterocycles. The average molecular weight is 253 g/mol. The van der Waals surface area contributed by atoms with Gasteiger partial charge in [0, 0.05) is 5.02 Å². The van der Waals surface area contributed by atoms with Crippen LogP contribution >= 0.6 is 11.6 Å². The second-order valence-corrected chi connectivity index (χ2v) is 5.89. The van der Waals surface area contributed by atoms with Gasteiger partial charge in [0.1, 0.15) is 0 Å². The first-order chi connectivity index (χ1) is 7.91. The zero-order chi connectivity index (χ0) is 12.6. The predicted octanol–water partition coefficient (Wildman–Crippen LogP) is 3.18. The maximum Gasteiger partial charge on any atom is 0.310 e. The Kier molecular flexibility index (Phi) is 3.17. The van der Waals surface area contributed by atoms with Gasteiger partial charge in [0.15, 0.2) is 0 Å². The molecule has 17 heavy (non-hydrogen) atoms. The molecule has 1 aliphatic carbocycles. The highest BCUT2D eigenvalue weighted by atomic mass is 35.5. The lowest BCUT2D eigenvalue weighted by atomic mass is 9.90. The Morgan fingerprint density at radius 2 is 1.94 bits per heavy atom. The summed E-state index contributed by atoms with van der Waals surface area (Å²) in [5.41, 5.74) is 3.80. The van der Waals surface area contributed by atoms with E-state index in [2.05, 4.69) is 24.7 Å². The second-order valence-electron chi connectivity index (χ2n) is 5.48. The van der Waals surface area contributed by atoms with Crippen LogP contribution in [0.3, 0.4) is 0 Å². The Bertz CT molecular complexity index is 464. The van der Waals surface area contributed by atoms with E-state index in [0.717, 1.165) is 18.4 Å². The molecule has 0 unspecified atom stereocenters. The van der Waals surface area contributed by atoms with Crippen LogP contribution in [0.4, 0.5) is 0 Å². The van der Waals surface area contributed by atoms with Crippen LogP contribution in [0.25, 0.3) is 0 Å². The molecule has 0 aromatic heterocycles. The number of carbonyl (C=O) groups excluding carboxylic acids is 1. The van der Waals surface area contributed by atoms with Gasteiger partial charge in [-0.25, -0.2) is 0 Å². The summed E-state index contributed by atoms with van der Waals surface area (Å²) in [4.78, 5) is 11.3. The lowest BCUT2D eigenvalue weighted by Gasteiger charge is -2.14. The van der Waals surface area contributed by atoms with Gasteiger partial charge in [-0.2, -0.15) is 0 Å². The van der Waals surface area contributed by atoms with Gasteiger partial charge in [0.2, 0.25) is 0 Å². The molecule has 0 bridgehead atoms. The van der Waals surface area contributed by atoms with Crippen LogP contribution < -0.4 is 0 Å². The molecular formula is C14H17ClO2. The molecule has 0 saturated heterocycles. The van der Waals surface area contributed by atoms with E-state index in [1.54, 1.807) is 0 Å². The molecule has 1 aromatic carbocycles. The van der Waals surface area contributed by atoms with Crippen molar-refractivity contribution in [3.63, 3.8) is 0 Å². The third-order valence-corrected chi connectivity index (χ3v) is 3.62. The maximum absolute atomic E-state index is 11.3. The van der Waals surface area contributed by atoms with E-state index in [-0.39, 0.29) is 12.4 Å². The topological polar surface area (TPSA) is 26.3 Å². The summed E-state index contributed by atoms with van der Waals surface area (Å²) in [5.74, 6) is -0.246. The second kappa shape index (κ2) is 4.34. The van der Waals surface area contributed by atoms with E-state index in [1.165, 1.54) is 18.2 Å². The molecule has 0 atom stereocenters. The van der Waals surface area contributed by atoms with Crippen LogP contribution in [-0.2, 0) is 28.8 Å². The van der Waals surface area contributed by atoms with Crippen molar-refractivity contribution in [1.82, 2.24) is 0 Å². The summed E-state index contributed by atoms with van der Waals surface area (Å²) in [6.45, 7) is 4.50. The molecule has 1 aromatic rings. The first-order valence-electron chi connectivity index (χ1n) is 5.78. The Balaban J connectivity index is 2.30. The molecule has 3 heteroatoms. The molecule has 0 N–H and O–H groups in total. The summed E-state index contributed by atoms with van der Waals surface area (Å²) in [6.07, 6.45) is 2.36. The molecule has 2 nitrogen and oxygen atoms in total. The smallest absolute Gasteiger partial charge is 0.310 e. The fraction of sp³-hybridized carbons (Fsp3) is 0.500. The fourth-order valence-corrected chi connectivity index (χ4v) is 2.75. The minimum absolute atomic E-state index is 0.246. The monoisotopic (exact) mass is 252 g/mol. The number of benzene rings is 1. The van der Waals surface area contributed by atoms with Crippen LogP contribution in [0.15, 0.2) is 12.1 Å². The van der Waals surface area contributed by atoms with E-state index in [1.807, 2.05) is 6.07 Å². The van der Waals surface area contributed by atoms with Crippen LogP contribution in [-0.4, -0.2) is 13.1 Å². The molecule has 0 saturated carbocycles. The summed E-state index contributed by atoms with van der Waals surface area (Å²) in [6, 6.07) is 4.06. The SMILES string of the molecule is COC(=O)Cc1cc2c(cc1Cl)CC(C)(C)C2. The number of hydrogen-bond acceptors (Lipinski definition) is 2. The first kappa shape index (κ1) is 12.4. The highest BCUT2D eigenvalue weighted by Gasteiger charge is 2.29. The number of fused-ring (bicyclic) bond motifs is 1. The van der Waals surface area contributed by atoms with Crippen LogP contribution in [0.2, 0.25) is 5.02 Å². The third-order valence-electron chi connectivity index (χ3n) is 3.27. The number of methoxy groups -OCH3 is 1. The normalized spacial score (nSPS) is 16.7. The van der Waals surface area contributed by atoms with Gasteiger partial charge in [0.05, 0.1) is 13.5 Å². The highest BCUT2D eigenvalue weighted by molar-refractivity contribution is 6.31. The Labute approximate surface area is 107 Å². The van der Waals surface area contributed by atoms with Gasteiger partial charge in [-0.3, -0.25) is 4.79 Å². The van der Waals surface area contributed by atoms with Crippen molar-refractivity contribution < 1.29 is 9.53 Å². The zero-order valence-corrected chi connectivity index (χ0v) is 11.2. The quantitative estimate of drug-likeness (QED) is 0.756. The average Bonchev–Trinajstić information content (AvgIpc) is 2.51. The Morgan fingerprint density at radius 3 is 2.53 bits per heavy atom. The number of carbonyl (C=O) groups is 1. The number of halogens is 1. The predicted molar refractivity (Wildman–Crippen MR) is 68.4 cm³/mol. The van der Waals surface area contributed by atoms with Crippen molar-refractivity contribution in [2.75, 3.05) is 7.11 Å². The van der Waals surface area contributed by atoms with Gasteiger partial charge < -0.3 is 4.74 Å². The fourth-order valence-electron chi connectivity index (χ4n) is 2.50. The van der Waals surface area contributed by atoms with E-state index in [9.17, 15) is 4.79 Å². The largest absolute Gasteiger partial charge is 0.469 e. The van der Waals surface area contributed by atoms with Crippen LogP contribution in [0.5, 0.6) is 0 Å². The number of hydrogen-bond donors (Lipinski definition) is 0. The molecule has 0 amide bonds. The van der Waals surface area contributed by atoms with Gasteiger partial charge in [-0.1, -0.05) is 31.5 Å². The third kappa shape index (κ3) is 2.63. The van der Waals surface area contributed by atoms with Crippen molar-refractivity contribution in [1.29, 1.82) is 0 Å². The van der Waals surface area contributed by atoms with Crippen molar-refractivity contribution in [2.24, 2.45) is 5.41 Å². The standard InChI is InChI=1S/C14H17ClO2/c1-14(2)7-10-4-9(6-13(16)17-3)12(15)5-11(10)8-14/h4-5H,6-8H2,1-3H3. The van der Waals surface area contributed by atoms with E-state index < -0.39 is 0 Å². The molecule has 0 fully saturated rings. The summed E-state index contributed by atoms with van der Waals surface area (Å²) in [5, 5.41) is 0.673. The van der Waals surface area contributed by atoms with Crippen LogP contribution in [0, 0.1) is 5.41 Å². The Morgan fingerprint density at radius 1 is 1.35 bits per heavy atom. The highest BCUT2D eigenvalue weighted by Crippen LogP contribution is 2.38. The van der Waals surface area contributed by atoms with E-state index in [4.69, 9.17) is 11.6 Å². The van der Waals surface area contributed by atoms with Crippen molar-refractivity contribution in [2.45, 2.75) is 33.1 Å². The number of rotatable bonds is 2. The molecule has 0 aliphatic heterocycles. The molecule has 1 aliphatic rings. The minimum Gasteiger partial charge on any atom is -0.469 e. The zero-order valence-electron chi connectivity index (χ0n) is 10.5. The maximum atomic E-state index is 11.3. The number of ether oxygens (including phenoxy) is 1. The summed E-state index contributed by atoms with van der Waals surface area (Å²) in [7, 11) is 1.40. The molecule has 0 spiro atoms. The van der Waals surface area contributed by atoms with Gasteiger partial charge >= 0.3 is 5.97 Å². The van der Waals surface area contributed by atoms with Gasteiger partial charge in [0.25, 0.3) is 0 Å². The van der Waals surface area contributed by atoms with Crippen molar-refractivity contribution in [3.8, 4) is 0 Å². The lowest BCUT2D eigenvalue weighted by Crippen LogP contribution is -2.09. The van der Waals surface area contributed by atoms with Gasteiger partial charge in [-0.05, 0) is 41.0 Å².